The van der Waals surface area contributed by atoms with E-state index in [1.807, 2.05) is 13.8 Å². The monoisotopic (exact) mass is 285 g/mol. The average molecular weight is 285 g/mol. The van der Waals surface area contributed by atoms with E-state index in [2.05, 4.69) is 60.6 Å². The summed E-state index contributed by atoms with van der Waals surface area (Å²) in [5.41, 5.74) is 3.89. The molecule has 1 atom stereocenters. The van der Waals surface area contributed by atoms with Gasteiger partial charge in [0, 0.05) is 5.69 Å². The van der Waals surface area contributed by atoms with E-state index < -0.39 is 0 Å². The van der Waals surface area contributed by atoms with Crippen LogP contribution in [0, 0.1) is 6.92 Å². The topological polar surface area (TPSA) is 57.8 Å². The Kier molecular flexibility index (Phi) is 4.16. The molecule has 0 fully saturated rings. The molecule has 21 heavy (non-hydrogen) atoms. The minimum absolute atomic E-state index is 0.0409. The van der Waals surface area contributed by atoms with E-state index >= 15 is 0 Å². The zero-order valence-electron chi connectivity index (χ0n) is 13.3. The Hall–Kier alpha value is -2.10. The number of nitrogens with one attached hydrogen (secondary N) is 2. The Morgan fingerprint density at radius 3 is 2.33 bits per heavy atom. The van der Waals surface area contributed by atoms with Gasteiger partial charge in [-0.1, -0.05) is 45.0 Å². The molecule has 0 aliphatic carbocycles. The van der Waals surface area contributed by atoms with E-state index in [0.29, 0.717) is 5.56 Å². The number of hydrogen-bond donors (Lipinski definition) is 2. The Morgan fingerprint density at radius 2 is 1.86 bits per heavy atom. The van der Waals surface area contributed by atoms with Crippen molar-refractivity contribution in [3.63, 3.8) is 0 Å². The van der Waals surface area contributed by atoms with Gasteiger partial charge in [-0.2, -0.15) is 5.10 Å². The van der Waals surface area contributed by atoms with E-state index in [0.717, 1.165) is 11.3 Å². The van der Waals surface area contributed by atoms with Gasteiger partial charge in [0.25, 0.3) is 5.91 Å². The van der Waals surface area contributed by atoms with Crippen molar-refractivity contribution in [2.75, 3.05) is 0 Å². The molecule has 2 N–H and O–H groups in total. The third-order valence-electron chi connectivity index (χ3n) is 3.70. The third kappa shape index (κ3) is 3.51. The highest BCUT2D eigenvalue weighted by Crippen LogP contribution is 2.24. The summed E-state index contributed by atoms with van der Waals surface area (Å²) < 4.78 is 0. The largest absolute Gasteiger partial charge is 0.345 e. The first-order valence-electron chi connectivity index (χ1n) is 7.20. The summed E-state index contributed by atoms with van der Waals surface area (Å²) in [6, 6.07) is 8.37. The summed E-state index contributed by atoms with van der Waals surface area (Å²) in [5.74, 6) is -0.103. The van der Waals surface area contributed by atoms with Gasteiger partial charge in [-0.3, -0.25) is 9.89 Å². The lowest BCUT2D eigenvalue weighted by atomic mass is 9.86. The Labute approximate surface area is 126 Å². The fraction of sp³-hybridized carbons (Fsp3) is 0.412. The van der Waals surface area contributed by atoms with Crippen molar-refractivity contribution in [2.45, 2.75) is 46.1 Å². The molecule has 0 saturated carbocycles. The van der Waals surface area contributed by atoms with Crippen LogP contribution in [0.4, 0.5) is 0 Å². The fourth-order valence-corrected chi connectivity index (χ4v) is 2.21. The van der Waals surface area contributed by atoms with Gasteiger partial charge >= 0.3 is 0 Å². The van der Waals surface area contributed by atoms with Crippen LogP contribution in [0.15, 0.2) is 30.5 Å². The standard InChI is InChI=1S/C17H23N3O/c1-11(19-16(21)15-10-18-20-12(15)2)13-6-8-14(9-7-13)17(3,4)5/h6-11H,1-5H3,(H,18,20)(H,19,21). The molecule has 0 spiro atoms. The average Bonchev–Trinajstić information content (AvgIpc) is 2.84. The number of amides is 1. The molecule has 1 heterocycles. The number of aryl methyl sites for hydroxylation is 1. The number of hydrogen-bond acceptors (Lipinski definition) is 2. The molecule has 2 aromatic rings. The molecule has 1 aromatic heterocycles. The maximum absolute atomic E-state index is 12.2. The molecule has 4 heteroatoms. The second kappa shape index (κ2) is 5.72. The van der Waals surface area contributed by atoms with Crippen molar-refractivity contribution in [3.8, 4) is 0 Å². The smallest absolute Gasteiger partial charge is 0.255 e. The van der Waals surface area contributed by atoms with Crippen molar-refractivity contribution in [3.05, 3.63) is 52.8 Å². The van der Waals surface area contributed by atoms with Gasteiger partial charge in [-0.15, -0.1) is 0 Å². The fourth-order valence-electron chi connectivity index (χ4n) is 2.21. The Balaban J connectivity index is 2.09. The highest BCUT2D eigenvalue weighted by molar-refractivity contribution is 5.95. The molecule has 0 aliphatic heterocycles. The summed E-state index contributed by atoms with van der Waals surface area (Å²) in [5, 5.41) is 9.65. The van der Waals surface area contributed by atoms with Gasteiger partial charge < -0.3 is 5.32 Å². The van der Waals surface area contributed by atoms with E-state index in [1.54, 1.807) is 6.20 Å². The van der Waals surface area contributed by atoms with Crippen LogP contribution in [0.2, 0.25) is 0 Å². The second-order valence-electron chi connectivity index (χ2n) is 6.48. The number of rotatable bonds is 3. The predicted octanol–water partition coefficient (Wildman–Crippen LogP) is 3.51. The summed E-state index contributed by atoms with van der Waals surface area (Å²) in [4.78, 5) is 12.2. The minimum Gasteiger partial charge on any atom is -0.345 e. The third-order valence-corrected chi connectivity index (χ3v) is 3.70. The van der Waals surface area contributed by atoms with Gasteiger partial charge in [0.15, 0.2) is 0 Å². The van der Waals surface area contributed by atoms with Crippen LogP contribution in [0.25, 0.3) is 0 Å². The maximum Gasteiger partial charge on any atom is 0.255 e. The van der Waals surface area contributed by atoms with Crippen molar-refractivity contribution < 1.29 is 4.79 Å². The van der Waals surface area contributed by atoms with Gasteiger partial charge in [-0.25, -0.2) is 0 Å². The van der Waals surface area contributed by atoms with E-state index in [-0.39, 0.29) is 17.4 Å². The van der Waals surface area contributed by atoms with Crippen LogP contribution < -0.4 is 5.32 Å². The van der Waals surface area contributed by atoms with Gasteiger partial charge in [0.2, 0.25) is 0 Å². The molecule has 0 saturated heterocycles. The van der Waals surface area contributed by atoms with Crippen molar-refractivity contribution >= 4 is 5.91 Å². The van der Waals surface area contributed by atoms with Crippen molar-refractivity contribution in [2.24, 2.45) is 0 Å². The van der Waals surface area contributed by atoms with Crippen LogP contribution in [0.1, 0.15) is 60.9 Å². The minimum atomic E-state index is -0.103. The number of benzene rings is 1. The van der Waals surface area contributed by atoms with Crippen LogP contribution in [0.5, 0.6) is 0 Å². The highest BCUT2D eigenvalue weighted by Gasteiger charge is 2.16. The number of carbonyl (C=O) groups excluding carboxylic acids is 1. The van der Waals surface area contributed by atoms with Gasteiger partial charge in [0.1, 0.15) is 0 Å². The lowest BCUT2D eigenvalue weighted by Gasteiger charge is -2.20. The lowest BCUT2D eigenvalue weighted by molar-refractivity contribution is 0.0939. The second-order valence-corrected chi connectivity index (χ2v) is 6.48. The predicted molar refractivity (Wildman–Crippen MR) is 84.3 cm³/mol. The van der Waals surface area contributed by atoms with E-state index in [4.69, 9.17) is 0 Å². The van der Waals surface area contributed by atoms with Crippen molar-refractivity contribution in [1.29, 1.82) is 0 Å². The molecule has 4 nitrogen and oxygen atoms in total. The maximum atomic E-state index is 12.2. The van der Waals surface area contributed by atoms with Crippen molar-refractivity contribution in [1.82, 2.24) is 15.5 Å². The molecule has 1 amide bonds. The zero-order chi connectivity index (χ0) is 15.6. The Bertz CT molecular complexity index is 620. The summed E-state index contributed by atoms with van der Waals surface area (Å²) in [7, 11) is 0. The quantitative estimate of drug-likeness (QED) is 0.906. The Morgan fingerprint density at radius 1 is 1.24 bits per heavy atom. The van der Waals surface area contributed by atoms with Crippen LogP contribution in [-0.4, -0.2) is 16.1 Å². The molecule has 1 unspecified atom stereocenters. The molecule has 112 valence electrons. The van der Waals surface area contributed by atoms with Gasteiger partial charge in [0.05, 0.1) is 17.8 Å². The first-order chi connectivity index (χ1) is 9.79. The molecule has 0 aliphatic rings. The molecule has 0 bridgehead atoms. The number of carbonyl (C=O) groups is 1. The summed E-state index contributed by atoms with van der Waals surface area (Å²) in [6.07, 6.45) is 1.56. The summed E-state index contributed by atoms with van der Waals surface area (Å²) in [6.45, 7) is 10.4. The number of aromatic amines is 1. The van der Waals surface area contributed by atoms with Gasteiger partial charge in [-0.05, 0) is 30.4 Å². The van der Waals surface area contributed by atoms with Crippen LogP contribution in [0.3, 0.4) is 0 Å². The van der Waals surface area contributed by atoms with E-state index in [1.165, 1.54) is 5.56 Å². The molecule has 1 aromatic carbocycles. The summed E-state index contributed by atoms with van der Waals surface area (Å²) >= 11 is 0. The molecular weight excluding hydrogens is 262 g/mol. The van der Waals surface area contributed by atoms with Crippen LogP contribution >= 0.6 is 0 Å². The number of nitrogens with zero attached hydrogens (tertiary/aromatic N) is 1. The first kappa shape index (κ1) is 15.3. The number of H-pyrrole nitrogens is 1. The zero-order valence-corrected chi connectivity index (χ0v) is 13.3. The normalized spacial score (nSPS) is 13.0. The van der Waals surface area contributed by atoms with E-state index in [9.17, 15) is 4.79 Å². The highest BCUT2D eigenvalue weighted by atomic mass is 16.1. The molecule has 2 rings (SSSR count). The van der Waals surface area contributed by atoms with Crippen LogP contribution in [-0.2, 0) is 5.41 Å². The lowest BCUT2D eigenvalue weighted by Crippen LogP contribution is -2.27. The molecule has 0 radical (unpaired) electrons. The first-order valence-corrected chi connectivity index (χ1v) is 7.20. The SMILES string of the molecule is Cc1[nH]ncc1C(=O)NC(C)c1ccc(C(C)(C)C)cc1. The molecular formula is C17H23N3O. The number of aromatic nitrogens is 2.